The van der Waals surface area contributed by atoms with E-state index in [0.29, 0.717) is 24.0 Å². The van der Waals surface area contributed by atoms with E-state index in [1.807, 2.05) is 12.1 Å². The molecule has 12 nitrogen and oxygen atoms in total. The van der Waals surface area contributed by atoms with Crippen LogP contribution in [0.2, 0.25) is 0 Å². The molecule has 2 saturated carbocycles. The van der Waals surface area contributed by atoms with Gasteiger partial charge in [-0.15, -0.1) is 0 Å². The molecule has 3 fully saturated rings. The zero-order valence-electron chi connectivity index (χ0n) is 44.9. The van der Waals surface area contributed by atoms with Crippen molar-refractivity contribution in [1.29, 1.82) is 0 Å². The van der Waals surface area contributed by atoms with Gasteiger partial charge in [0.1, 0.15) is 63.3 Å². The minimum Gasteiger partial charge on any atom is -0.386 e. The summed E-state index contributed by atoms with van der Waals surface area (Å²) in [5.41, 5.74) is 9.35. The van der Waals surface area contributed by atoms with Crippen LogP contribution >= 0.6 is 0 Å². The molecular weight excluding hydrogens is 1030 g/mol. The molecular formula is C60H65F7N6O6. The van der Waals surface area contributed by atoms with Gasteiger partial charge in [-0.3, -0.25) is 19.6 Å². The number of aromatic nitrogens is 4. The summed E-state index contributed by atoms with van der Waals surface area (Å²) >= 11 is 0. The van der Waals surface area contributed by atoms with Crippen molar-refractivity contribution in [2.24, 2.45) is 23.3 Å². The van der Waals surface area contributed by atoms with Crippen molar-refractivity contribution in [2.45, 2.75) is 126 Å². The number of hydrogen-bond acceptors (Lipinski definition) is 12. The van der Waals surface area contributed by atoms with Crippen molar-refractivity contribution in [1.82, 2.24) is 19.9 Å². The topological polar surface area (TPSA) is 186 Å². The lowest BCUT2D eigenvalue weighted by Crippen LogP contribution is -2.46. The van der Waals surface area contributed by atoms with E-state index in [1.165, 1.54) is 26.0 Å². The smallest absolute Gasteiger partial charge is 0.185 e. The van der Waals surface area contributed by atoms with E-state index < -0.39 is 80.3 Å². The first-order valence-corrected chi connectivity index (χ1v) is 26.3. The number of benzene rings is 2. The summed E-state index contributed by atoms with van der Waals surface area (Å²) in [5.74, 6) is -6.78. The third kappa shape index (κ3) is 13.0. The molecule has 5 N–H and O–H groups in total. The van der Waals surface area contributed by atoms with Gasteiger partial charge in [0.2, 0.25) is 0 Å². The number of methoxy groups -OCH3 is 2. The highest BCUT2D eigenvalue weighted by Crippen LogP contribution is 2.42. The molecule has 0 unspecified atom stereocenters. The zero-order chi connectivity index (χ0) is 57.1. The van der Waals surface area contributed by atoms with Gasteiger partial charge in [-0.05, 0) is 157 Å². The van der Waals surface area contributed by atoms with Crippen LogP contribution < -0.4 is 11.5 Å². The fourth-order valence-corrected chi connectivity index (χ4v) is 11.7. The Hall–Kier alpha value is -6.35. The Bertz CT molecular complexity index is 3120. The van der Waals surface area contributed by atoms with E-state index in [4.69, 9.17) is 25.7 Å². The highest BCUT2D eigenvalue weighted by atomic mass is 19.2. The maximum Gasteiger partial charge on any atom is 0.185 e. The maximum atomic E-state index is 15.3. The largest absolute Gasteiger partial charge is 0.386 e. The van der Waals surface area contributed by atoms with Crippen LogP contribution in [0.25, 0.3) is 22.5 Å². The van der Waals surface area contributed by atoms with E-state index in [0.717, 1.165) is 60.4 Å². The van der Waals surface area contributed by atoms with Crippen molar-refractivity contribution in [3.05, 3.63) is 165 Å². The summed E-state index contributed by atoms with van der Waals surface area (Å²) in [6, 6.07) is 11.3. The molecule has 420 valence electrons. The Morgan fingerprint density at radius 3 is 1.43 bits per heavy atom. The average molecular weight is 1100 g/mol. The number of rotatable bonds is 14. The Morgan fingerprint density at radius 1 is 0.646 bits per heavy atom. The van der Waals surface area contributed by atoms with Crippen LogP contribution in [0.15, 0.2) is 85.5 Å². The molecule has 19 heteroatoms. The first kappa shape index (κ1) is 58.8. The predicted molar refractivity (Wildman–Crippen MR) is 282 cm³/mol. The number of alkyl halides is 1. The van der Waals surface area contributed by atoms with Gasteiger partial charge >= 0.3 is 0 Å². The second-order valence-electron chi connectivity index (χ2n) is 21.7. The standard InChI is InChI=1S/C31H33F4N3O3.C29H32F3N3O3/c1-17-11-18(12-25(36)30(17)40-2)21-5-8-37-16-19(21)13-27(39)26-4-3-22(32)29(38-26)28-23(33)14-20(15-24(28)34)31(35)6-9-41-10-7-31;1-15-9-16(10-23(33)28(15)38-4)19-7-8-34-14-17(19)11-25(36)24-6-5-20(30)27(35-24)26-21(31)12-18(13-22(26)32)29(2,3)37/h3-5,8,14-18,25,30H,6-7,9-13,36H2,1-2H3;5-8,12-16,23,28,37H,9-11,33H2,1-4H3/t17-,18+,25+,30-;15-,16+,23+,28-/m00/s1. The van der Waals surface area contributed by atoms with Crippen molar-refractivity contribution >= 4 is 11.6 Å². The highest BCUT2D eigenvalue weighted by Gasteiger charge is 2.39. The van der Waals surface area contributed by atoms with Crippen LogP contribution in [-0.2, 0) is 38.3 Å². The molecule has 0 radical (unpaired) electrons. The molecule has 2 aromatic carbocycles. The van der Waals surface area contributed by atoms with Crippen LogP contribution in [0, 0.1) is 46.7 Å². The van der Waals surface area contributed by atoms with Crippen LogP contribution in [0.1, 0.15) is 132 Å². The van der Waals surface area contributed by atoms with Crippen molar-refractivity contribution in [3.8, 4) is 22.5 Å². The number of Topliss-reactive ketones (excluding diaryl/α,β-unsaturated/α-hetero) is 2. The van der Waals surface area contributed by atoms with Crippen molar-refractivity contribution in [2.75, 3.05) is 27.4 Å². The third-order valence-corrected chi connectivity index (χ3v) is 15.7. The van der Waals surface area contributed by atoms with Crippen LogP contribution in [0.3, 0.4) is 0 Å². The lowest BCUT2D eigenvalue weighted by atomic mass is 9.73. The summed E-state index contributed by atoms with van der Waals surface area (Å²) in [5, 5.41) is 10.1. The Morgan fingerprint density at radius 2 is 1.05 bits per heavy atom. The van der Waals surface area contributed by atoms with Gasteiger partial charge in [-0.2, -0.15) is 0 Å². The summed E-state index contributed by atoms with van der Waals surface area (Å²) in [6.45, 7) is 7.18. The summed E-state index contributed by atoms with van der Waals surface area (Å²) in [7, 11) is 3.30. The van der Waals surface area contributed by atoms with Crippen molar-refractivity contribution < 1.29 is 59.6 Å². The maximum absolute atomic E-state index is 15.3. The van der Waals surface area contributed by atoms with Gasteiger partial charge in [0.15, 0.2) is 11.6 Å². The summed E-state index contributed by atoms with van der Waals surface area (Å²) in [6.07, 6.45) is 9.21. The molecule has 8 atom stereocenters. The number of pyridine rings is 4. The average Bonchev–Trinajstić information content (AvgIpc) is 3.48. The normalized spacial score (nSPS) is 23.1. The van der Waals surface area contributed by atoms with Gasteiger partial charge in [0.05, 0.1) is 28.9 Å². The van der Waals surface area contributed by atoms with Crippen LogP contribution in [0.4, 0.5) is 30.7 Å². The monoisotopic (exact) mass is 1100 g/mol. The molecule has 3 aliphatic rings. The second-order valence-corrected chi connectivity index (χ2v) is 21.7. The Balaban J connectivity index is 0.000000209. The van der Waals surface area contributed by atoms with Crippen LogP contribution in [0.5, 0.6) is 0 Å². The zero-order valence-corrected chi connectivity index (χ0v) is 44.9. The lowest BCUT2D eigenvalue weighted by molar-refractivity contribution is -0.0117. The van der Waals surface area contributed by atoms with E-state index in [9.17, 15) is 32.3 Å². The number of halogens is 7. The predicted octanol–water partition coefficient (Wildman–Crippen LogP) is 10.9. The van der Waals surface area contributed by atoms with Gasteiger partial charge in [0, 0.05) is 90.0 Å². The number of ether oxygens (including phenoxy) is 3. The molecule has 4 aromatic heterocycles. The third-order valence-electron chi connectivity index (χ3n) is 15.7. The number of nitrogens with two attached hydrogens (primary N) is 2. The number of ketones is 2. The first-order valence-electron chi connectivity index (χ1n) is 26.3. The molecule has 6 aromatic rings. The molecule has 0 bridgehead atoms. The van der Waals surface area contributed by atoms with Crippen molar-refractivity contribution in [3.63, 3.8) is 0 Å². The van der Waals surface area contributed by atoms with Gasteiger partial charge in [-0.25, -0.2) is 40.7 Å². The van der Waals surface area contributed by atoms with Gasteiger partial charge in [0.25, 0.3) is 0 Å². The number of carbonyl (C=O) groups excluding carboxylic acids is 2. The minimum absolute atomic E-state index is 0.0124. The number of aliphatic hydroxyl groups is 1. The molecule has 1 saturated heterocycles. The van der Waals surface area contributed by atoms with E-state index >= 15 is 13.2 Å². The molecule has 9 rings (SSSR count). The fraction of sp³-hybridized carbons (Fsp3) is 0.433. The van der Waals surface area contributed by atoms with Crippen LogP contribution in [-0.4, -0.2) is 88.3 Å². The van der Waals surface area contributed by atoms with E-state index in [-0.39, 0.29) is 109 Å². The molecule has 0 spiro atoms. The quantitative estimate of drug-likeness (QED) is 0.0693. The lowest BCUT2D eigenvalue weighted by Gasteiger charge is -2.38. The second kappa shape index (κ2) is 24.6. The molecule has 1 aliphatic heterocycles. The number of nitrogens with zero attached hydrogens (tertiary/aromatic N) is 4. The van der Waals surface area contributed by atoms with E-state index in [2.05, 4.69) is 33.8 Å². The number of hydrogen-bond donors (Lipinski definition) is 3. The minimum atomic E-state index is -1.95. The first-order chi connectivity index (χ1) is 37.5. The van der Waals surface area contributed by atoms with Gasteiger partial charge < -0.3 is 30.8 Å². The Kier molecular flexibility index (Phi) is 18.3. The van der Waals surface area contributed by atoms with Gasteiger partial charge in [-0.1, -0.05) is 13.8 Å². The molecule has 0 amide bonds. The highest BCUT2D eigenvalue weighted by molar-refractivity contribution is 5.97. The SMILES string of the molecule is CO[C@@H]1[C@H](N)C[C@H](c2ccncc2CC(=O)c2ccc(F)c(-c3c(F)cc(C(C)(C)O)cc3F)n2)C[C@@H]1C.CO[C@@H]1[C@H](N)C[C@H](c2ccncc2CC(=O)c2ccc(F)c(-c3c(F)cc(C4(F)CCOCC4)cc3F)n2)C[C@@H]1C. The molecule has 79 heavy (non-hydrogen) atoms. The Labute approximate surface area is 454 Å². The summed E-state index contributed by atoms with van der Waals surface area (Å²) < 4.78 is 121. The molecule has 5 heterocycles. The molecule has 2 aliphatic carbocycles. The summed E-state index contributed by atoms with van der Waals surface area (Å²) in [4.78, 5) is 43.0. The van der Waals surface area contributed by atoms with E-state index in [1.54, 1.807) is 39.0 Å². The number of carbonyl (C=O) groups is 2. The fourth-order valence-electron chi connectivity index (χ4n) is 11.7.